The van der Waals surface area contributed by atoms with Gasteiger partial charge in [-0.2, -0.15) is 0 Å². The Morgan fingerprint density at radius 2 is 1.95 bits per heavy atom. The third-order valence-corrected chi connectivity index (χ3v) is 3.86. The summed E-state index contributed by atoms with van der Waals surface area (Å²) in [5.41, 5.74) is 2.90. The lowest BCUT2D eigenvalue weighted by molar-refractivity contribution is -0.120. The van der Waals surface area contributed by atoms with E-state index < -0.39 is 0 Å². The van der Waals surface area contributed by atoms with Gasteiger partial charge >= 0.3 is 0 Å². The van der Waals surface area contributed by atoms with Crippen LogP contribution in [0.25, 0.3) is 0 Å². The molecule has 4 heteroatoms. The van der Waals surface area contributed by atoms with E-state index in [1.165, 1.54) is 5.56 Å². The molecule has 20 heavy (non-hydrogen) atoms. The third kappa shape index (κ3) is 2.31. The second-order valence-electron chi connectivity index (χ2n) is 4.65. The number of benzene rings is 2. The minimum absolute atomic E-state index is 0.0557. The number of amides is 1. The van der Waals surface area contributed by atoms with E-state index in [-0.39, 0.29) is 12.5 Å². The minimum Gasteiger partial charge on any atom is -0.482 e. The Morgan fingerprint density at radius 3 is 2.65 bits per heavy atom. The summed E-state index contributed by atoms with van der Waals surface area (Å²) in [6.45, 7) is 2.19. The summed E-state index contributed by atoms with van der Waals surface area (Å²) in [5.74, 6) is 0.673. The quantitative estimate of drug-likeness (QED) is 0.830. The number of fused-ring (bicyclic) bond motifs is 1. The molecule has 0 saturated carbocycles. The fraction of sp³-hybridized carbons (Fsp3) is 0.188. The van der Waals surface area contributed by atoms with Crippen LogP contribution in [0.1, 0.15) is 12.5 Å². The molecular weight excluding hydrogens is 318 g/mol. The molecule has 3 nitrogen and oxygen atoms in total. The maximum atomic E-state index is 12.2. The largest absolute Gasteiger partial charge is 0.482 e. The summed E-state index contributed by atoms with van der Waals surface area (Å²) < 4.78 is 6.40. The zero-order valence-electron chi connectivity index (χ0n) is 11.1. The number of rotatable bonds is 2. The van der Waals surface area contributed by atoms with Crippen LogP contribution in [-0.4, -0.2) is 12.5 Å². The zero-order valence-corrected chi connectivity index (χ0v) is 12.7. The van der Waals surface area contributed by atoms with Gasteiger partial charge in [0.25, 0.3) is 5.91 Å². The SMILES string of the molecule is CCc1ccc(N2C(=O)COc3ccc(Br)cc32)cc1. The first kappa shape index (κ1) is 13.2. The Kier molecular flexibility index (Phi) is 3.49. The van der Waals surface area contributed by atoms with Gasteiger partial charge in [0.15, 0.2) is 6.61 Å². The van der Waals surface area contributed by atoms with Gasteiger partial charge in [-0.25, -0.2) is 0 Å². The summed E-state index contributed by atoms with van der Waals surface area (Å²) in [4.78, 5) is 13.9. The lowest BCUT2D eigenvalue weighted by atomic mass is 10.1. The number of halogens is 1. The van der Waals surface area contributed by atoms with Crippen LogP contribution in [0.4, 0.5) is 11.4 Å². The second kappa shape index (κ2) is 5.29. The molecular formula is C16H14BrNO2. The number of carbonyl (C=O) groups is 1. The number of aryl methyl sites for hydroxylation is 1. The highest BCUT2D eigenvalue weighted by Crippen LogP contribution is 2.38. The number of nitrogens with zero attached hydrogens (tertiary/aromatic N) is 1. The second-order valence-corrected chi connectivity index (χ2v) is 5.57. The lowest BCUT2D eigenvalue weighted by Gasteiger charge is -2.29. The van der Waals surface area contributed by atoms with Gasteiger partial charge in [-0.05, 0) is 42.3 Å². The average molecular weight is 332 g/mol. The summed E-state index contributed by atoms with van der Waals surface area (Å²) in [6.07, 6.45) is 0.986. The first-order chi connectivity index (χ1) is 9.69. The summed E-state index contributed by atoms with van der Waals surface area (Å²) in [6, 6.07) is 13.7. The van der Waals surface area contributed by atoms with Gasteiger partial charge in [-0.1, -0.05) is 35.0 Å². The van der Waals surface area contributed by atoms with E-state index in [0.29, 0.717) is 0 Å². The van der Waals surface area contributed by atoms with Gasteiger partial charge in [0, 0.05) is 10.2 Å². The molecule has 102 valence electrons. The van der Waals surface area contributed by atoms with E-state index in [1.54, 1.807) is 4.90 Å². The number of anilines is 2. The van der Waals surface area contributed by atoms with Crippen LogP contribution in [0.5, 0.6) is 5.75 Å². The van der Waals surface area contributed by atoms with Crippen molar-refractivity contribution < 1.29 is 9.53 Å². The molecule has 3 rings (SSSR count). The fourth-order valence-electron chi connectivity index (χ4n) is 2.29. The number of carbonyl (C=O) groups excluding carboxylic acids is 1. The van der Waals surface area contributed by atoms with Crippen molar-refractivity contribution in [1.82, 2.24) is 0 Å². The van der Waals surface area contributed by atoms with E-state index in [4.69, 9.17) is 4.74 Å². The van der Waals surface area contributed by atoms with Gasteiger partial charge in [0.05, 0.1) is 5.69 Å². The molecule has 0 aromatic heterocycles. The third-order valence-electron chi connectivity index (χ3n) is 3.37. The van der Waals surface area contributed by atoms with E-state index >= 15 is 0 Å². The highest BCUT2D eigenvalue weighted by molar-refractivity contribution is 9.10. The Morgan fingerprint density at radius 1 is 1.20 bits per heavy atom. The maximum absolute atomic E-state index is 12.2. The molecule has 0 N–H and O–H groups in total. The Balaban J connectivity index is 2.07. The number of hydrogen-bond donors (Lipinski definition) is 0. The molecule has 1 heterocycles. The van der Waals surface area contributed by atoms with Crippen LogP contribution in [0, 0.1) is 0 Å². The first-order valence-electron chi connectivity index (χ1n) is 6.53. The summed E-state index contributed by atoms with van der Waals surface area (Å²) >= 11 is 3.44. The van der Waals surface area contributed by atoms with Crippen molar-refractivity contribution in [1.29, 1.82) is 0 Å². The molecule has 1 amide bonds. The lowest BCUT2D eigenvalue weighted by Crippen LogP contribution is -2.35. The monoisotopic (exact) mass is 331 g/mol. The van der Waals surface area contributed by atoms with E-state index in [2.05, 4.69) is 35.0 Å². The Labute approximate surface area is 126 Å². The van der Waals surface area contributed by atoms with Crippen molar-refractivity contribution in [2.45, 2.75) is 13.3 Å². The smallest absolute Gasteiger partial charge is 0.269 e. The molecule has 1 aliphatic heterocycles. The molecule has 2 aromatic rings. The zero-order chi connectivity index (χ0) is 14.1. The Hall–Kier alpha value is -1.81. The van der Waals surface area contributed by atoms with Crippen LogP contribution < -0.4 is 9.64 Å². The van der Waals surface area contributed by atoms with Gasteiger partial charge in [0.2, 0.25) is 0 Å². The molecule has 0 saturated heterocycles. The fourth-order valence-corrected chi connectivity index (χ4v) is 2.64. The van der Waals surface area contributed by atoms with Gasteiger partial charge in [-0.15, -0.1) is 0 Å². The molecule has 0 aliphatic carbocycles. The maximum Gasteiger partial charge on any atom is 0.269 e. The average Bonchev–Trinajstić information content (AvgIpc) is 2.47. The van der Waals surface area contributed by atoms with Gasteiger partial charge < -0.3 is 4.74 Å². The van der Waals surface area contributed by atoms with Gasteiger partial charge in [0.1, 0.15) is 5.75 Å². The molecule has 0 unspecified atom stereocenters. The van der Waals surface area contributed by atoms with Crippen LogP contribution >= 0.6 is 15.9 Å². The molecule has 1 aliphatic rings. The first-order valence-corrected chi connectivity index (χ1v) is 7.32. The van der Waals surface area contributed by atoms with Crippen molar-refractivity contribution in [2.24, 2.45) is 0 Å². The highest BCUT2D eigenvalue weighted by Gasteiger charge is 2.26. The predicted octanol–water partition coefficient (Wildman–Crippen LogP) is 4.07. The van der Waals surface area contributed by atoms with E-state index in [0.717, 1.165) is 28.0 Å². The standard InChI is InChI=1S/C16H14BrNO2/c1-2-11-3-6-13(7-4-11)18-14-9-12(17)5-8-15(14)20-10-16(18)19/h3-9H,2,10H2,1H3. The molecule has 0 atom stereocenters. The molecule has 0 radical (unpaired) electrons. The molecule has 2 aromatic carbocycles. The topological polar surface area (TPSA) is 29.5 Å². The summed E-state index contributed by atoms with van der Waals surface area (Å²) in [5, 5.41) is 0. The number of ether oxygens (including phenoxy) is 1. The predicted molar refractivity (Wildman–Crippen MR) is 82.6 cm³/mol. The van der Waals surface area contributed by atoms with Crippen molar-refractivity contribution in [3.8, 4) is 5.75 Å². The minimum atomic E-state index is -0.0557. The van der Waals surface area contributed by atoms with Crippen molar-refractivity contribution >= 4 is 33.2 Å². The van der Waals surface area contributed by atoms with E-state index in [1.807, 2.05) is 30.3 Å². The number of hydrogen-bond acceptors (Lipinski definition) is 2. The van der Waals surface area contributed by atoms with Crippen molar-refractivity contribution in [3.63, 3.8) is 0 Å². The van der Waals surface area contributed by atoms with Crippen molar-refractivity contribution in [3.05, 3.63) is 52.5 Å². The molecule has 0 bridgehead atoms. The van der Waals surface area contributed by atoms with Crippen LogP contribution in [0.3, 0.4) is 0 Å². The van der Waals surface area contributed by atoms with E-state index in [9.17, 15) is 4.79 Å². The van der Waals surface area contributed by atoms with Crippen LogP contribution in [0.15, 0.2) is 46.9 Å². The Bertz CT molecular complexity index is 652. The molecule has 0 spiro atoms. The van der Waals surface area contributed by atoms with Crippen molar-refractivity contribution in [2.75, 3.05) is 11.5 Å². The molecule has 0 fully saturated rings. The highest BCUT2D eigenvalue weighted by atomic mass is 79.9. The normalized spacial score (nSPS) is 13.9. The van der Waals surface area contributed by atoms with Crippen LogP contribution in [-0.2, 0) is 11.2 Å². The summed E-state index contributed by atoms with van der Waals surface area (Å²) in [7, 11) is 0. The van der Waals surface area contributed by atoms with Gasteiger partial charge in [-0.3, -0.25) is 9.69 Å². The van der Waals surface area contributed by atoms with Crippen LogP contribution in [0.2, 0.25) is 0 Å².